The molecule has 0 aromatic heterocycles. The highest BCUT2D eigenvalue weighted by Gasteiger charge is 2.21. The van der Waals surface area contributed by atoms with Crippen molar-refractivity contribution in [1.29, 1.82) is 0 Å². The van der Waals surface area contributed by atoms with Crippen LogP contribution in [0.15, 0.2) is 0 Å². The van der Waals surface area contributed by atoms with Crippen molar-refractivity contribution in [3.63, 3.8) is 0 Å². The van der Waals surface area contributed by atoms with Crippen molar-refractivity contribution < 1.29 is 14.7 Å². The number of carboxylic acids is 1. The van der Waals surface area contributed by atoms with Crippen LogP contribution in [0.1, 0.15) is 27.2 Å². The van der Waals surface area contributed by atoms with E-state index in [4.69, 9.17) is 5.11 Å². The SMILES string of the molecule is CSCC[C@@H](NC(=O)NC(C)(C)C)C(=O)O. The van der Waals surface area contributed by atoms with Gasteiger partial charge in [0.15, 0.2) is 0 Å². The van der Waals surface area contributed by atoms with Crippen LogP contribution in [0.4, 0.5) is 4.79 Å². The number of thioether (sulfide) groups is 1. The first-order valence-corrected chi connectivity index (χ1v) is 6.46. The predicted molar refractivity (Wildman–Crippen MR) is 65.8 cm³/mol. The van der Waals surface area contributed by atoms with Crippen LogP contribution in [0.2, 0.25) is 0 Å². The van der Waals surface area contributed by atoms with Crippen LogP contribution in [0.25, 0.3) is 0 Å². The van der Waals surface area contributed by atoms with Gasteiger partial charge in [-0.15, -0.1) is 0 Å². The number of nitrogens with one attached hydrogen (secondary N) is 2. The molecule has 0 aromatic rings. The van der Waals surface area contributed by atoms with E-state index in [1.807, 2.05) is 27.0 Å². The Kier molecular flexibility index (Phi) is 6.25. The summed E-state index contributed by atoms with van der Waals surface area (Å²) in [5.41, 5.74) is -0.368. The summed E-state index contributed by atoms with van der Waals surface area (Å²) in [5, 5.41) is 14.0. The maximum atomic E-state index is 11.4. The second kappa shape index (κ2) is 6.62. The third kappa shape index (κ3) is 7.39. The Bertz CT molecular complexity index is 251. The molecule has 0 fully saturated rings. The van der Waals surface area contributed by atoms with Gasteiger partial charge >= 0.3 is 12.0 Å². The molecule has 0 bridgehead atoms. The number of rotatable bonds is 5. The average molecular weight is 248 g/mol. The standard InChI is InChI=1S/C10H20N2O3S/c1-10(2,3)12-9(15)11-7(8(13)14)5-6-16-4/h7H,5-6H2,1-4H3,(H,13,14)(H2,11,12,15)/t7-/m1/s1. The second-order valence-electron chi connectivity index (χ2n) is 4.52. The maximum Gasteiger partial charge on any atom is 0.326 e. The lowest BCUT2D eigenvalue weighted by molar-refractivity contribution is -0.139. The molecule has 0 radical (unpaired) electrons. The Morgan fingerprint density at radius 1 is 1.38 bits per heavy atom. The van der Waals surface area contributed by atoms with Gasteiger partial charge in [-0.05, 0) is 39.2 Å². The van der Waals surface area contributed by atoms with E-state index in [2.05, 4.69) is 10.6 Å². The highest BCUT2D eigenvalue weighted by molar-refractivity contribution is 7.98. The van der Waals surface area contributed by atoms with E-state index < -0.39 is 18.0 Å². The van der Waals surface area contributed by atoms with E-state index in [0.717, 1.165) is 0 Å². The van der Waals surface area contributed by atoms with E-state index in [-0.39, 0.29) is 5.54 Å². The molecule has 3 N–H and O–H groups in total. The highest BCUT2D eigenvalue weighted by atomic mass is 32.2. The molecule has 0 rings (SSSR count). The molecule has 0 aromatic carbocycles. The summed E-state index contributed by atoms with van der Waals surface area (Å²) in [6.45, 7) is 5.51. The fourth-order valence-electron chi connectivity index (χ4n) is 1.03. The molecule has 0 aliphatic rings. The predicted octanol–water partition coefficient (Wildman–Crippen LogP) is 1.29. The van der Waals surface area contributed by atoms with Gasteiger partial charge in [-0.2, -0.15) is 11.8 Å². The minimum atomic E-state index is -1.00. The maximum absolute atomic E-state index is 11.4. The summed E-state index contributed by atoms with van der Waals surface area (Å²) in [7, 11) is 0. The number of amides is 2. The van der Waals surface area contributed by atoms with Gasteiger partial charge in [0, 0.05) is 5.54 Å². The first-order valence-electron chi connectivity index (χ1n) is 5.06. The smallest absolute Gasteiger partial charge is 0.326 e. The minimum absolute atomic E-state index is 0.368. The molecule has 0 heterocycles. The lowest BCUT2D eigenvalue weighted by atomic mass is 10.1. The second-order valence-corrected chi connectivity index (χ2v) is 5.51. The van der Waals surface area contributed by atoms with Crippen LogP contribution in [-0.2, 0) is 4.79 Å². The van der Waals surface area contributed by atoms with Gasteiger partial charge in [-0.1, -0.05) is 0 Å². The van der Waals surface area contributed by atoms with E-state index in [1.165, 1.54) is 0 Å². The van der Waals surface area contributed by atoms with Crippen molar-refractivity contribution in [3.8, 4) is 0 Å². The summed E-state index contributed by atoms with van der Waals surface area (Å²) < 4.78 is 0. The molecule has 16 heavy (non-hydrogen) atoms. The Labute approximate surface area is 100 Å². The summed E-state index contributed by atoms with van der Waals surface area (Å²) in [4.78, 5) is 22.3. The number of aliphatic carboxylic acids is 1. The first-order chi connectivity index (χ1) is 7.26. The molecular weight excluding hydrogens is 228 g/mol. The van der Waals surface area contributed by atoms with Crippen LogP contribution in [-0.4, -0.2) is 40.7 Å². The molecule has 6 heteroatoms. The zero-order valence-electron chi connectivity index (χ0n) is 10.2. The van der Waals surface area contributed by atoms with Crippen molar-refractivity contribution >= 4 is 23.8 Å². The molecule has 0 spiro atoms. The summed E-state index contributed by atoms with van der Waals surface area (Å²) in [6.07, 6.45) is 2.32. The quantitative estimate of drug-likeness (QED) is 0.685. The molecule has 0 unspecified atom stereocenters. The van der Waals surface area contributed by atoms with Crippen molar-refractivity contribution in [3.05, 3.63) is 0 Å². The van der Waals surface area contributed by atoms with Crippen molar-refractivity contribution in [2.75, 3.05) is 12.0 Å². The third-order valence-corrected chi connectivity index (χ3v) is 2.35. The number of carboxylic acid groups (broad SMARTS) is 1. The van der Waals surface area contributed by atoms with E-state index in [9.17, 15) is 9.59 Å². The molecule has 0 aliphatic heterocycles. The van der Waals surface area contributed by atoms with Crippen LogP contribution in [0.5, 0.6) is 0 Å². The molecular formula is C10H20N2O3S. The Balaban J connectivity index is 4.19. The molecule has 94 valence electrons. The van der Waals surface area contributed by atoms with Gasteiger partial charge < -0.3 is 15.7 Å². The van der Waals surface area contributed by atoms with E-state index in [0.29, 0.717) is 12.2 Å². The summed E-state index contributed by atoms with van der Waals surface area (Å²) in [6, 6.07) is -1.27. The number of hydrogen-bond acceptors (Lipinski definition) is 3. The van der Waals surface area contributed by atoms with Gasteiger partial charge in [0.1, 0.15) is 6.04 Å². The molecule has 5 nitrogen and oxygen atoms in total. The Morgan fingerprint density at radius 2 is 1.94 bits per heavy atom. The lowest BCUT2D eigenvalue weighted by Gasteiger charge is -2.22. The normalized spacial score (nSPS) is 13.0. The number of carbonyl (C=O) groups is 2. The monoisotopic (exact) mass is 248 g/mol. The highest BCUT2D eigenvalue weighted by Crippen LogP contribution is 2.02. The van der Waals surface area contributed by atoms with Gasteiger partial charge in [0.2, 0.25) is 0 Å². The zero-order valence-corrected chi connectivity index (χ0v) is 11.0. The number of carbonyl (C=O) groups excluding carboxylic acids is 1. The van der Waals surface area contributed by atoms with E-state index >= 15 is 0 Å². The van der Waals surface area contributed by atoms with Crippen molar-refractivity contribution in [2.24, 2.45) is 0 Å². The van der Waals surface area contributed by atoms with Crippen LogP contribution in [0, 0.1) is 0 Å². The topological polar surface area (TPSA) is 78.4 Å². The van der Waals surface area contributed by atoms with Crippen LogP contribution in [0.3, 0.4) is 0 Å². The van der Waals surface area contributed by atoms with Crippen molar-refractivity contribution in [2.45, 2.75) is 38.8 Å². The summed E-state index contributed by atoms with van der Waals surface area (Å²) >= 11 is 1.55. The average Bonchev–Trinajstić information content (AvgIpc) is 2.08. The minimum Gasteiger partial charge on any atom is -0.480 e. The van der Waals surface area contributed by atoms with Gasteiger partial charge in [0.05, 0.1) is 0 Å². The van der Waals surface area contributed by atoms with Crippen LogP contribution >= 0.6 is 11.8 Å². The van der Waals surface area contributed by atoms with E-state index in [1.54, 1.807) is 11.8 Å². The molecule has 0 aliphatic carbocycles. The first kappa shape index (κ1) is 15.1. The Morgan fingerprint density at radius 3 is 2.31 bits per heavy atom. The van der Waals surface area contributed by atoms with Crippen LogP contribution < -0.4 is 10.6 Å². The molecule has 2 amide bonds. The van der Waals surface area contributed by atoms with Gasteiger partial charge in [-0.3, -0.25) is 0 Å². The zero-order chi connectivity index (χ0) is 12.8. The third-order valence-electron chi connectivity index (χ3n) is 1.70. The molecule has 0 saturated heterocycles. The fraction of sp³-hybridized carbons (Fsp3) is 0.800. The van der Waals surface area contributed by atoms with Gasteiger partial charge in [-0.25, -0.2) is 9.59 Å². The molecule has 1 atom stereocenters. The largest absolute Gasteiger partial charge is 0.480 e. The Hall–Kier alpha value is -0.910. The van der Waals surface area contributed by atoms with Gasteiger partial charge in [0.25, 0.3) is 0 Å². The molecule has 0 saturated carbocycles. The van der Waals surface area contributed by atoms with Crippen molar-refractivity contribution in [1.82, 2.24) is 10.6 Å². The number of urea groups is 1. The number of hydrogen-bond donors (Lipinski definition) is 3. The fourth-order valence-corrected chi connectivity index (χ4v) is 1.50. The lowest BCUT2D eigenvalue weighted by Crippen LogP contribution is -2.51. The summed E-state index contributed by atoms with van der Waals surface area (Å²) in [5.74, 6) is -0.301.